The normalized spacial score (nSPS) is 16.8. The van der Waals surface area contributed by atoms with Gasteiger partial charge in [-0.25, -0.2) is 0 Å². The summed E-state index contributed by atoms with van der Waals surface area (Å²) in [5, 5.41) is 13.7. The molecule has 0 saturated heterocycles. The van der Waals surface area contributed by atoms with Crippen molar-refractivity contribution in [2.24, 2.45) is 5.92 Å². The highest BCUT2D eigenvalue weighted by atomic mass is 16.6. The fourth-order valence-corrected chi connectivity index (χ4v) is 3.49. The van der Waals surface area contributed by atoms with Crippen molar-refractivity contribution in [2.45, 2.75) is 78.0 Å². The summed E-state index contributed by atoms with van der Waals surface area (Å²) in [6, 6.07) is 5.92. The predicted octanol–water partition coefficient (Wildman–Crippen LogP) is 3.84. The molecule has 0 bridgehead atoms. The second-order valence-corrected chi connectivity index (χ2v) is 8.99. The summed E-state index contributed by atoms with van der Waals surface area (Å²) >= 11 is 0. The lowest BCUT2D eigenvalue weighted by atomic mass is 9.86. The first-order valence-corrected chi connectivity index (χ1v) is 10.7. The molecule has 6 nitrogen and oxygen atoms in total. The third kappa shape index (κ3) is 7.19. The highest BCUT2D eigenvalue weighted by Gasteiger charge is 2.30. The topological polar surface area (TPSA) is 77.0 Å². The second kappa shape index (κ2) is 10.3. The Hall–Kier alpha value is -1.79. The largest absolute Gasteiger partial charge is 0.486 e. The van der Waals surface area contributed by atoms with Crippen LogP contribution >= 0.6 is 0 Å². The van der Waals surface area contributed by atoms with Gasteiger partial charge in [-0.3, -0.25) is 4.79 Å². The molecule has 1 heterocycles. The van der Waals surface area contributed by atoms with Crippen LogP contribution in [0, 0.1) is 5.92 Å². The first kappa shape index (κ1) is 23.5. The lowest BCUT2D eigenvalue weighted by Gasteiger charge is -2.34. The minimum atomic E-state index is -0.487. The molecule has 0 aliphatic carbocycles. The molecule has 2 atom stereocenters. The van der Waals surface area contributed by atoms with E-state index < -0.39 is 11.1 Å². The van der Waals surface area contributed by atoms with Crippen LogP contribution in [0.4, 0.5) is 0 Å². The van der Waals surface area contributed by atoms with E-state index in [4.69, 9.17) is 14.2 Å². The van der Waals surface area contributed by atoms with Crippen molar-refractivity contribution >= 4 is 5.97 Å². The molecule has 29 heavy (non-hydrogen) atoms. The summed E-state index contributed by atoms with van der Waals surface area (Å²) in [4.78, 5) is 12.3. The summed E-state index contributed by atoms with van der Waals surface area (Å²) < 4.78 is 16.7. The van der Waals surface area contributed by atoms with E-state index in [-0.39, 0.29) is 18.5 Å². The molecule has 2 rings (SSSR count). The van der Waals surface area contributed by atoms with Crippen molar-refractivity contribution in [2.75, 3.05) is 19.8 Å². The van der Waals surface area contributed by atoms with Crippen LogP contribution in [0.5, 0.6) is 11.5 Å². The number of nitrogens with one attached hydrogen (secondary N) is 1. The van der Waals surface area contributed by atoms with Gasteiger partial charge in [0, 0.05) is 12.1 Å². The number of carbonyl (C=O) groups is 1. The fraction of sp³-hybridized carbons (Fsp3) is 0.696. The fourth-order valence-electron chi connectivity index (χ4n) is 3.49. The van der Waals surface area contributed by atoms with Crippen molar-refractivity contribution in [3.8, 4) is 11.5 Å². The summed E-state index contributed by atoms with van der Waals surface area (Å²) in [6.07, 6.45) is 3.12. The van der Waals surface area contributed by atoms with E-state index >= 15 is 0 Å². The van der Waals surface area contributed by atoms with Crippen molar-refractivity contribution < 1.29 is 24.1 Å². The van der Waals surface area contributed by atoms with Gasteiger partial charge < -0.3 is 24.6 Å². The van der Waals surface area contributed by atoms with Gasteiger partial charge in [-0.1, -0.05) is 26.3 Å². The molecule has 1 aromatic rings. The zero-order valence-electron chi connectivity index (χ0n) is 18.5. The molecule has 0 spiro atoms. The number of fused-ring (bicyclic) bond motifs is 1. The molecular formula is C23H37NO5. The van der Waals surface area contributed by atoms with Gasteiger partial charge in [0.2, 0.25) is 0 Å². The van der Waals surface area contributed by atoms with Crippen molar-refractivity contribution in [3.05, 3.63) is 23.8 Å². The van der Waals surface area contributed by atoms with Crippen LogP contribution < -0.4 is 14.8 Å². The van der Waals surface area contributed by atoms with Gasteiger partial charge in [-0.2, -0.15) is 0 Å². The van der Waals surface area contributed by atoms with Gasteiger partial charge >= 0.3 is 5.97 Å². The average Bonchev–Trinajstić information content (AvgIpc) is 2.68. The van der Waals surface area contributed by atoms with Gasteiger partial charge in [0.15, 0.2) is 11.5 Å². The Balaban J connectivity index is 1.99. The lowest BCUT2D eigenvalue weighted by Crippen LogP contribution is -2.48. The molecule has 0 aromatic heterocycles. The third-order valence-corrected chi connectivity index (χ3v) is 5.17. The van der Waals surface area contributed by atoms with Crippen LogP contribution in [-0.4, -0.2) is 42.0 Å². The van der Waals surface area contributed by atoms with Crippen LogP contribution in [0.15, 0.2) is 18.2 Å². The molecular weight excluding hydrogens is 370 g/mol. The van der Waals surface area contributed by atoms with E-state index in [1.54, 1.807) is 0 Å². The van der Waals surface area contributed by atoms with Crippen molar-refractivity contribution in [1.82, 2.24) is 5.32 Å². The van der Waals surface area contributed by atoms with Crippen LogP contribution in [0.1, 0.15) is 65.9 Å². The van der Waals surface area contributed by atoms with E-state index in [1.165, 1.54) is 0 Å². The van der Waals surface area contributed by atoms with E-state index in [1.807, 2.05) is 45.9 Å². The first-order valence-electron chi connectivity index (χ1n) is 10.7. The number of carbonyl (C=O) groups excluding carboxylic acids is 1. The molecule has 2 N–H and O–H groups in total. The molecule has 0 saturated carbocycles. The van der Waals surface area contributed by atoms with E-state index in [2.05, 4.69) is 12.2 Å². The van der Waals surface area contributed by atoms with Crippen LogP contribution in [0.3, 0.4) is 0 Å². The van der Waals surface area contributed by atoms with Crippen LogP contribution in [0.25, 0.3) is 0 Å². The number of aliphatic hydroxyl groups excluding tert-OH is 1. The SMILES string of the molecule is CCCC(CO)(CCC(C)C(=O)OC(C)(C)C)NCc1ccc2c(c1)OCCO2. The molecule has 0 fully saturated rings. The number of aliphatic hydroxyl groups is 1. The minimum Gasteiger partial charge on any atom is -0.486 e. The number of esters is 1. The van der Waals surface area contributed by atoms with Gasteiger partial charge in [-0.05, 0) is 57.7 Å². The molecule has 6 heteroatoms. The van der Waals surface area contributed by atoms with E-state index in [0.29, 0.717) is 32.6 Å². The summed E-state index contributed by atoms with van der Waals surface area (Å²) in [5.41, 5.74) is 0.154. The van der Waals surface area contributed by atoms with E-state index in [0.717, 1.165) is 29.9 Å². The first-order chi connectivity index (χ1) is 13.7. The Kier molecular flexibility index (Phi) is 8.34. The highest BCUT2D eigenvalue weighted by molar-refractivity contribution is 5.72. The summed E-state index contributed by atoms with van der Waals surface area (Å²) in [6.45, 7) is 11.4. The van der Waals surface area contributed by atoms with Crippen LogP contribution in [-0.2, 0) is 16.1 Å². The standard InChI is InChI=1S/C23H37NO5/c1-6-10-23(16-25,11-9-17(2)21(26)29-22(3,4)5)24-15-18-7-8-19-20(14-18)28-13-12-27-19/h7-8,14,17,24-25H,6,9-13,15-16H2,1-5H3. The summed E-state index contributed by atoms with van der Waals surface area (Å²) in [5.74, 6) is 1.13. The molecule has 0 amide bonds. The van der Waals surface area contributed by atoms with Crippen molar-refractivity contribution in [3.63, 3.8) is 0 Å². The van der Waals surface area contributed by atoms with Gasteiger partial charge in [0.25, 0.3) is 0 Å². The monoisotopic (exact) mass is 407 g/mol. The zero-order chi connectivity index (χ0) is 21.5. The summed E-state index contributed by atoms with van der Waals surface area (Å²) in [7, 11) is 0. The van der Waals surface area contributed by atoms with Gasteiger partial charge in [0.05, 0.1) is 12.5 Å². The minimum absolute atomic E-state index is 0.0203. The maximum absolute atomic E-state index is 12.3. The Labute approximate surface area is 174 Å². The molecule has 1 aromatic carbocycles. The number of hydrogen-bond acceptors (Lipinski definition) is 6. The quantitative estimate of drug-likeness (QED) is 0.574. The molecule has 164 valence electrons. The van der Waals surface area contributed by atoms with Crippen LogP contribution in [0.2, 0.25) is 0 Å². The number of ether oxygens (including phenoxy) is 3. The lowest BCUT2D eigenvalue weighted by molar-refractivity contribution is -0.159. The molecule has 2 unspecified atom stereocenters. The Morgan fingerprint density at radius 1 is 1.21 bits per heavy atom. The molecule has 0 radical (unpaired) electrons. The number of hydrogen-bond donors (Lipinski definition) is 2. The molecule has 1 aliphatic heterocycles. The predicted molar refractivity (Wildman–Crippen MR) is 113 cm³/mol. The van der Waals surface area contributed by atoms with Gasteiger partial charge in [-0.15, -0.1) is 0 Å². The maximum atomic E-state index is 12.3. The maximum Gasteiger partial charge on any atom is 0.309 e. The number of benzene rings is 1. The average molecular weight is 408 g/mol. The zero-order valence-corrected chi connectivity index (χ0v) is 18.5. The second-order valence-electron chi connectivity index (χ2n) is 8.99. The Bertz CT molecular complexity index is 670. The smallest absolute Gasteiger partial charge is 0.309 e. The van der Waals surface area contributed by atoms with E-state index in [9.17, 15) is 9.90 Å². The highest BCUT2D eigenvalue weighted by Crippen LogP contribution is 2.31. The Morgan fingerprint density at radius 3 is 2.52 bits per heavy atom. The number of rotatable bonds is 10. The molecule has 1 aliphatic rings. The van der Waals surface area contributed by atoms with Gasteiger partial charge in [0.1, 0.15) is 18.8 Å². The third-order valence-electron chi connectivity index (χ3n) is 5.17. The van der Waals surface area contributed by atoms with Crippen molar-refractivity contribution in [1.29, 1.82) is 0 Å². The Morgan fingerprint density at radius 2 is 1.90 bits per heavy atom.